The number of aliphatic hydroxyl groups excluding tert-OH is 1. The SMILES string of the molecule is COC(=O)c1ccc(CCCCCO)cn1. The van der Waals surface area contributed by atoms with Gasteiger partial charge in [-0.05, 0) is 30.9 Å². The summed E-state index contributed by atoms with van der Waals surface area (Å²) in [6.07, 6.45) is 5.50. The number of aryl methyl sites for hydroxylation is 1. The molecular weight excluding hydrogens is 206 g/mol. The largest absolute Gasteiger partial charge is 0.464 e. The van der Waals surface area contributed by atoms with Crippen LogP contribution >= 0.6 is 0 Å². The first-order valence-corrected chi connectivity index (χ1v) is 5.42. The normalized spacial score (nSPS) is 10.1. The van der Waals surface area contributed by atoms with Gasteiger partial charge in [0.1, 0.15) is 5.69 Å². The summed E-state index contributed by atoms with van der Waals surface area (Å²) in [5, 5.41) is 8.62. The topological polar surface area (TPSA) is 59.4 Å². The number of hydrogen-bond acceptors (Lipinski definition) is 4. The number of carbonyl (C=O) groups excluding carboxylic acids is 1. The standard InChI is InChI=1S/C12H17NO3/c1-16-12(15)11-7-6-10(9-13-11)5-3-2-4-8-14/h6-7,9,14H,2-5,8H2,1H3. The Kier molecular flexibility index (Phi) is 5.50. The third-order valence-corrected chi connectivity index (χ3v) is 2.34. The second kappa shape index (κ2) is 6.95. The molecule has 1 heterocycles. The minimum atomic E-state index is -0.410. The molecule has 0 aromatic carbocycles. The Morgan fingerprint density at radius 2 is 2.19 bits per heavy atom. The van der Waals surface area contributed by atoms with Crippen molar-refractivity contribution < 1.29 is 14.6 Å². The fourth-order valence-electron chi connectivity index (χ4n) is 1.42. The average Bonchev–Trinajstić information content (AvgIpc) is 2.34. The van der Waals surface area contributed by atoms with Crippen LogP contribution in [0.25, 0.3) is 0 Å². The van der Waals surface area contributed by atoms with E-state index in [1.54, 1.807) is 12.3 Å². The second-order valence-corrected chi connectivity index (χ2v) is 3.58. The van der Waals surface area contributed by atoms with E-state index in [4.69, 9.17) is 5.11 Å². The molecule has 16 heavy (non-hydrogen) atoms. The number of methoxy groups -OCH3 is 1. The first-order chi connectivity index (χ1) is 7.77. The summed E-state index contributed by atoms with van der Waals surface area (Å²) < 4.78 is 4.56. The lowest BCUT2D eigenvalue weighted by Gasteiger charge is -2.02. The van der Waals surface area contributed by atoms with E-state index in [1.165, 1.54) is 7.11 Å². The molecule has 88 valence electrons. The molecule has 4 nitrogen and oxygen atoms in total. The second-order valence-electron chi connectivity index (χ2n) is 3.58. The Labute approximate surface area is 95.3 Å². The minimum absolute atomic E-state index is 0.250. The molecule has 0 spiro atoms. The molecule has 1 aromatic rings. The van der Waals surface area contributed by atoms with Crippen molar-refractivity contribution in [3.63, 3.8) is 0 Å². The monoisotopic (exact) mass is 223 g/mol. The van der Waals surface area contributed by atoms with E-state index in [-0.39, 0.29) is 6.61 Å². The average molecular weight is 223 g/mol. The van der Waals surface area contributed by atoms with E-state index in [9.17, 15) is 4.79 Å². The summed E-state index contributed by atoms with van der Waals surface area (Å²) >= 11 is 0. The number of esters is 1. The summed E-state index contributed by atoms with van der Waals surface area (Å²) in [5.41, 5.74) is 1.44. The van der Waals surface area contributed by atoms with Gasteiger partial charge in [0.05, 0.1) is 7.11 Å². The smallest absolute Gasteiger partial charge is 0.356 e. The molecule has 0 aliphatic rings. The van der Waals surface area contributed by atoms with Crippen molar-refractivity contribution in [2.45, 2.75) is 25.7 Å². The zero-order valence-electron chi connectivity index (χ0n) is 9.48. The van der Waals surface area contributed by atoms with Crippen LogP contribution in [0.15, 0.2) is 18.3 Å². The van der Waals surface area contributed by atoms with E-state index >= 15 is 0 Å². The maximum Gasteiger partial charge on any atom is 0.356 e. The van der Waals surface area contributed by atoms with Gasteiger partial charge >= 0.3 is 5.97 Å². The molecule has 1 rings (SSSR count). The molecule has 4 heteroatoms. The summed E-state index contributed by atoms with van der Waals surface area (Å²) in [5.74, 6) is -0.410. The number of nitrogens with zero attached hydrogens (tertiary/aromatic N) is 1. The minimum Gasteiger partial charge on any atom is -0.464 e. The molecule has 1 N–H and O–H groups in total. The van der Waals surface area contributed by atoms with E-state index < -0.39 is 5.97 Å². The van der Waals surface area contributed by atoms with Crippen LogP contribution in [-0.2, 0) is 11.2 Å². The zero-order chi connectivity index (χ0) is 11.8. The molecule has 1 aromatic heterocycles. The molecule has 0 aliphatic heterocycles. The van der Waals surface area contributed by atoms with Gasteiger partial charge in [-0.1, -0.05) is 12.5 Å². The number of aromatic nitrogens is 1. The highest BCUT2D eigenvalue weighted by atomic mass is 16.5. The number of carbonyl (C=O) groups is 1. The Balaban J connectivity index is 2.42. The van der Waals surface area contributed by atoms with E-state index in [0.717, 1.165) is 31.2 Å². The van der Waals surface area contributed by atoms with Gasteiger partial charge in [-0.2, -0.15) is 0 Å². The number of pyridine rings is 1. The highest BCUT2D eigenvalue weighted by molar-refractivity contribution is 5.86. The first kappa shape index (κ1) is 12.6. The van der Waals surface area contributed by atoms with Crippen molar-refractivity contribution in [1.82, 2.24) is 4.98 Å². The number of unbranched alkanes of at least 4 members (excludes halogenated alkanes) is 2. The zero-order valence-corrected chi connectivity index (χ0v) is 9.48. The van der Waals surface area contributed by atoms with Crippen molar-refractivity contribution in [2.75, 3.05) is 13.7 Å². The van der Waals surface area contributed by atoms with E-state index in [2.05, 4.69) is 9.72 Å². The van der Waals surface area contributed by atoms with Crippen molar-refractivity contribution in [1.29, 1.82) is 0 Å². The fourth-order valence-corrected chi connectivity index (χ4v) is 1.42. The van der Waals surface area contributed by atoms with Crippen LogP contribution in [0.1, 0.15) is 35.3 Å². The lowest BCUT2D eigenvalue weighted by Crippen LogP contribution is -2.04. The van der Waals surface area contributed by atoms with Crippen molar-refractivity contribution in [3.8, 4) is 0 Å². The Morgan fingerprint density at radius 1 is 1.38 bits per heavy atom. The number of ether oxygens (including phenoxy) is 1. The van der Waals surface area contributed by atoms with Crippen LogP contribution in [0.5, 0.6) is 0 Å². The third-order valence-electron chi connectivity index (χ3n) is 2.34. The highest BCUT2D eigenvalue weighted by Crippen LogP contribution is 2.07. The summed E-state index contributed by atoms with van der Waals surface area (Å²) in [4.78, 5) is 15.1. The van der Waals surface area contributed by atoms with Gasteiger partial charge in [0, 0.05) is 12.8 Å². The van der Waals surface area contributed by atoms with Crippen LogP contribution in [-0.4, -0.2) is 29.8 Å². The van der Waals surface area contributed by atoms with Crippen molar-refractivity contribution in [3.05, 3.63) is 29.6 Å². The third kappa shape index (κ3) is 3.98. The molecule has 0 radical (unpaired) electrons. The molecule has 0 saturated carbocycles. The molecule has 0 fully saturated rings. The maximum atomic E-state index is 11.1. The molecule has 0 unspecified atom stereocenters. The molecule has 0 aliphatic carbocycles. The van der Waals surface area contributed by atoms with Crippen molar-refractivity contribution >= 4 is 5.97 Å². The molecule has 0 bridgehead atoms. The summed E-state index contributed by atoms with van der Waals surface area (Å²) in [6, 6.07) is 3.56. The Hall–Kier alpha value is -1.42. The quantitative estimate of drug-likeness (QED) is 0.587. The Bertz CT molecular complexity index is 322. The number of rotatable bonds is 6. The van der Waals surface area contributed by atoms with Gasteiger partial charge in [-0.15, -0.1) is 0 Å². The van der Waals surface area contributed by atoms with Gasteiger partial charge in [0.25, 0.3) is 0 Å². The van der Waals surface area contributed by atoms with Crippen molar-refractivity contribution in [2.24, 2.45) is 0 Å². The predicted molar refractivity (Wildman–Crippen MR) is 60.2 cm³/mol. The van der Waals surface area contributed by atoms with E-state index in [0.29, 0.717) is 5.69 Å². The molecule has 0 saturated heterocycles. The van der Waals surface area contributed by atoms with Crippen LogP contribution in [0.2, 0.25) is 0 Å². The van der Waals surface area contributed by atoms with E-state index in [1.807, 2.05) is 6.07 Å². The maximum absolute atomic E-state index is 11.1. The lowest BCUT2D eigenvalue weighted by molar-refractivity contribution is 0.0594. The summed E-state index contributed by atoms with van der Waals surface area (Å²) in [7, 11) is 1.34. The number of hydrogen-bond donors (Lipinski definition) is 1. The highest BCUT2D eigenvalue weighted by Gasteiger charge is 2.05. The first-order valence-electron chi connectivity index (χ1n) is 5.42. The Morgan fingerprint density at radius 3 is 2.75 bits per heavy atom. The van der Waals surface area contributed by atoms with Gasteiger partial charge in [-0.3, -0.25) is 0 Å². The fraction of sp³-hybridized carbons (Fsp3) is 0.500. The van der Waals surface area contributed by atoms with Crippen LogP contribution in [0.3, 0.4) is 0 Å². The lowest BCUT2D eigenvalue weighted by atomic mass is 10.1. The van der Waals surface area contributed by atoms with Gasteiger partial charge in [0.15, 0.2) is 0 Å². The van der Waals surface area contributed by atoms with Crippen LogP contribution < -0.4 is 0 Å². The van der Waals surface area contributed by atoms with Crippen LogP contribution in [0.4, 0.5) is 0 Å². The van der Waals surface area contributed by atoms with Crippen LogP contribution in [0, 0.1) is 0 Å². The molecule has 0 amide bonds. The summed E-state index contributed by atoms with van der Waals surface area (Å²) in [6.45, 7) is 0.250. The van der Waals surface area contributed by atoms with Gasteiger partial charge < -0.3 is 9.84 Å². The molecular formula is C12H17NO3. The number of aliphatic hydroxyl groups is 1. The van der Waals surface area contributed by atoms with Gasteiger partial charge in [0.2, 0.25) is 0 Å². The van der Waals surface area contributed by atoms with Gasteiger partial charge in [-0.25, -0.2) is 9.78 Å². The molecule has 0 atom stereocenters. The predicted octanol–water partition coefficient (Wildman–Crippen LogP) is 1.57.